The van der Waals surface area contributed by atoms with Gasteiger partial charge in [0.1, 0.15) is 12.1 Å². The SMILES string of the molecule is O=CCc1cccc(C(F)(F)c2ccncc2)c1F. The molecule has 0 N–H and O–H groups in total. The van der Waals surface area contributed by atoms with Gasteiger partial charge in [-0.25, -0.2) is 4.39 Å². The van der Waals surface area contributed by atoms with Crippen molar-refractivity contribution in [1.29, 1.82) is 0 Å². The number of halogens is 3. The number of carbonyl (C=O) groups excluding carboxylic acids is 1. The first-order valence-electron chi connectivity index (χ1n) is 5.57. The maximum absolute atomic E-state index is 14.2. The third kappa shape index (κ3) is 2.50. The summed E-state index contributed by atoms with van der Waals surface area (Å²) in [5.41, 5.74) is -1.12. The van der Waals surface area contributed by atoms with Gasteiger partial charge in [-0.3, -0.25) is 4.98 Å². The fraction of sp³-hybridized carbons (Fsp3) is 0.143. The summed E-state index contributed by atoms with van der Waals surface area (Å²) in [6.45, 7) is 0. The van der Waals surface area contributed by atoms with Crippen LogP contribution in [0.5, 0.6) is 0 Å². The number of alkyl halides is 2. The van der Waals surface area contributed by atoms with Gasteiger partial charge in [0, 0.05) is 24.4 Å². The predicted octanol–water partition coefficient (Wildman–Crippen LogP) is 3.10. The molecule has 2 rings (SSSR count). The van der Waals surface area contributed by atoms with E-state index >= 15 is 0 Å². The Morgan fingerprint density at radius 1 is 1.16 bits per heavy atom. The van der Waals surface area contributed by atoms with Crippen LogP contribution in [0.2, 0.25) is 0 Å². The van der Waals surface area contributed by atoms with Crippen LogP contribution < -0.4 is 0 Å². The molecule has 0 amide bonds. The van der Waals surface area contributed by atoms with Crippen molar-refractivity contribution >= 4 is 6.29 Å². The number of aldehydes is 1. The van der Waals surface area contributed by atoms with Crippen molar-refractivity contribution in [3.8, 4) is 0 Å². The number of aromatic nitrogens is 1. The van der Waals surface area contributed by atoms with Crippen LogP contribution in [0.1, 0.15) is 16.7 Å². The molecule has 98 valence electrons. The Morgan fingerprint density at radius 3 is 2.47 bits per heavy atom. The van der Waals surface area contributed by atoms with Crippen molar-refractivity contribution in [1.82, 2.24) is 4.98 Å². The zero-order valence-electron chi connectivity index (χ0n) is 9.82. The molecule has 0 saturated heterocycles. The Labute approximate surface area is 107 Å². The first kappa shape index (κ1) is 13.3. The summed E-state index contributed by atoms with van der Waals surface area (Å²) in [6, 6.07) is 5.91. The van der Waals surface area contributed by atoms with E-state index in [-0.39, 0.29) is 17.5 Å². The van der Waals surface area contributed by atoms with Crippen LogP contribution in [0.15, 0.2) is 42.7 Å². The van der Waals surface area contributed by atoms with E-state index in [1.54, 1.807) is 0 Å². The summed E-state index contributed by atoms with van der Waals surface area (Å²) in [7, 11) is 0. The normalized spacial score (nSPS) is 11.3. The van der Waals surface area contributed by atoms with E-state index in [1.165, 1.54) is 24.5 Å². The molecule has 2 aromatic rings. The van der Waals surface area contributed by atoms with Crippen molar-refractivity contribution in [3.05, 3.63) is 65.2 Å². The van der Waals surface area contributed by atoms with Gasteiger partial charge < -0.3 is 4.79 Å². The summed E-state index contributed by atoms with van der Waals surface area (Å²) < 4.78 is 42.4. The van der Waals surface area contributed by atoms with E-state index in [2.05, 4.69) is 4.98 Å². The smallest absolute Gasteiger partial charge is 0.301 e. The van der Waals surface area contributed by atoms with E-state index in [0.29, 0.717) is 6.29 Å². The van der Waals surface area contributed by atoms with E-state index in [4.69, 9.17) is 0 Å². The summed E-state index contributed by atoms with van der Waals surface area (Å²) in [5.74, 6) is -4.51. The largest absolute Gasteiger partial charge is 0.303 e. The fourth-order valence-electron chi connectivity index (χ4n) is 1.79. The number of benzene rings is 1. The van der Waals surface area contributed by atoms with Crippen LogP contribution in [0.25, 0.3) is 0 Å². The third-order valence-electron chi connectivity index (χ3n) is 2.76. The standard InChI is InChI=1S/C14H10F3NO/c15-13-10(6-9-19)2-1-3-12(13)14(16,17)11-4-7-18-8-5-11/h1-5,7-9H,6H2. The molecule has 0 spiro atoms. The van der Waals surface area contributed by atoms with E-state index in [1.807, 2.05) is 0 Å². The molecule has 1 heterocycles. The Bertz CT molecular complexity index is 584. The minimum atomic E-state index is -3.47. The van der Waals surface area contributed by atoms with Crippen molar-refractivity contribution < 1.29 is 18.0 Å². The van der Waals surface area contributed by atoms with Gasteiger partial charge in [-0.05, 0) is 23.8 Å². The van der Waals surface area contributed by atoms with Crippen molar-refractivity contribution in [2.24, 2.45) is 0 Å². The molecule has 1 aromatic carbocycles. The molecule has 0 bridgehead atoms. The van der Waals surface area contributed by atoms with Crippen LogP contribution >= 0.6 is 0 Å². The van der Waals surface area contributed by atoms with Gasteiger partial charge in [-0.1, -0.05) is 12.1 Å². The van der Waals surface area contributed by atoms with E-state index < -0.39 is 17.3 Å². The van der Waals surface area contributed by atoms with Gasteiger partial charge >= 0.3 is 5.92 Å². The second-order valence-corrected chi connectivity index (χ2v) is 3.96. The summed E-state index contributed by atoms with van der Waals surface area (Å²) in [4.78, 5) is 14.0. The van der Waals surface area contributed by atoms with Crippen LogP contribution in [0, 0.1) is 5.82 Å². The summed E-state index contributed by atoms with van der Waals surface area (Å²) >= 11 is 0. The highest BCUT2D eigenvalue weighted by molar-refractivity contribution is 5.55. The fourth-order valence-corrected chi connectivity index (χ4v) is 1.79. The summed E-state index contributed by atoms with van der Waals surface area (Å²) in [6.07, 6.45) is 2.69. The molecule has 0 aliphatic rings. The van der Waals surface area contributed by atoms with Crippen molar-refractivity contribution in [2.75, 3.05) is 0 Å². The molecule has 1 aromatic heterocycles. The van der Waals surface area contributed by atoms with Gasteiger partial charge in [0.25, 0.3) is 0 Å². The molecule has 0 fully saturated rings. The van der Waals surface area contributed by atoms with E-state index in [0.717, 1.165) is 18.2 Å². The Balaban J connectivity index is 2.52. The molecule has 0 aliphatic carbocycles. The zero-order valence-corrected chi connectivity index (χ0v) is 9.82. The summed E-state index contributed by atoms with van der Waals surface area (Å²) in [5, 5.41) is 0. The predicted molar refractivity (Wildman–Crippen MR) is 63.4 cm³/mol. The molecule has 0 unspecified atom stereocenters. The average Bonchev–Trinajstić information content (AvgIpc) is 2.42. The lowest BCUT2D eigenvalue weighted by Crippen LogP contribution is -2.18. The number of carbonyl (C=O) groups is 1. The van der Waals surface area contributed by atoms with Gasteiger partial charge in [-0.15, -0.1) is 0 Å². The number of rotatable bonds is 4. The highest BCUT2D eigenvalue weighted by atomic mass is 19.3. The van der Waals surface area contributed by atoms with Crippen LogP contribution in [0.4, 0.5) is 13.2 Å². The first-order chi connectivity index (χ1) is 9.07. The molecule has 0 aliphatic heterocycles. The van der Waals surface area contributed by atoms with Gasteiger partial charge in [0.2, 0.25) is 0 Å². The minimum absolute atomic E-state index is 0.0405. The molecule has 19 heavy (non-hydrogen) atoms. The quantitative estimate of drug-likeness (QED) is 0.795. The van der Waals surface area contributed by atoms with Gasteiger partial charge in [-0.2, -0.15) is 8.78 Å². The molecule has 0 atom stereocenters. The molecule has 0 saturated carbocycles. The van der Waals surface area contributed by atoms with E-state index in [9.17, 15) is 18.0 Å². The molecular formula is C14H10F3NO. The first-order valence-corrected chi connectivity index (χ1v) is 5.57. The van der Waals surface area contributed by atoms with Crippen LogP contribution in [0.3, 0.4) is 0 Å². The second-order valence-electron chi connectivity index (χ2n) is 3.96. The number of hydrogen-bond acceptors (Lipinski definition) is 2. The van der Waals surface area contributed by atoms with Gasteiger partial charge in [0.15, 0.2) is 0 Å². The highest BCUT2D eigenvalue weighted by Crippen LogP contribution is 2.37. The third-order valence-corrected chi connectivity index (χ3v) is 2.76. The lowest BCUT2D eigenvalue weighted by atomic mass is 9.98. The molecule has 2 nitrogen and oxygen atoms in total. The molecule has 0 radical (unpaired) electrons. The lowest BCUT2D eigenvalue weighted by Gasteiger charge is -2.18. The molecular weight excluding hydrogens is 255 g/mol. The molecule has 5 heteroatoms. The van der Waals surface area contributed by atoms with Gasteiger partial charge in [0.05, 0.1) is 5.56 Å². The minimum Gasteiger partial charge on any atom is -0.303 e. The van der Waals surface area contributed by atoms with Crippen molar-refractivity contribution in [3.63, 3.8) is 0 Å². The maximum Gasteiger partial charge on any atom is 0.301 e. The van der Waals surface area contributed by atoms with Crippen molar-refractivity contribution in [2.45, 2.75) is 12.3 Å². The number of nitrogens with zero attached hydrogens (tertiary/aromatic N) is 1. The van der Waals surface area contributed by atoms with Crippen LogP contribution in [-0.4, -0.2) is 11.3 Å². The Kier molecular flexibility index (Phi) is 3.64. The Hall–Kier alpha value is -2.17. The second kappa shape index (κ2) is 5.22. The zero-order chi connectivity index (χ0) is 13.9. The van der Waals surface area contributed by atoms with Crippen LogP contribution in [-0.2, 0) is 17.1 Å². The number of hydrogen-bond donors (Lipinski definition) is 0. The average molecular weight is 265 g/mol. The Morgan fingerprint density at radius 2 is 1.84 bits per heavy atom. The lowest BCUT2D eigenvalue weighted by molar-refractivity contribution is -0.107. The topological polar surface area (TPSA) is 30.0 Å². The highest BCUT2D eigenvalue weighted by Gasteiger charge is 2.37. The number of pyridine rings is 1. The monoisotopic (exact) mass is 265 g/mol. The maximum atomic E-state index is 14.2.